The summed E-state index contributed by atoms with van der Waals surface area (Å²) in [4.78, 5) is 37.6. The molecule has 1 unspecified atom stereocenters. The van der Waals surface area contributed by atoms with E-state index >= 15 is 0 Å². The van der Waals surface area contributed by atoms with Crippen LogP contribution in [-0.2, 0) is 11.3 Å². The van der Waals surface area contributed by atoms with Crippen LogP contribution in [0.4, 0.5) is 0 Å². The SMILES string of the molecule is CCOc1ccc(-c2ccc(=O)n(CCNC(=O)C(C)n3nc(-n4nc(C)cc4C)ccc3=O)n2)cc1. The lowest BCUT2D eigenvalue weighted by Gasteiger charge is -2.15. The van der Waals surface area contributed by atoms with Crippen molar-refractivity contribution in [1.82, 2.24) is 34.7 Å². The summed E-state index contributed by atoms with van der Waals surface area (Å²) in [5.74, 6) is 0.785. The first-order chi connectivity index (χ1) is 17.8. The van der Waals surface area contributed by atoms with E-state index in [1.54, 1.807) is 23.7 Å². The second-order valence-electron chi connectivity index (χ2n) is 8.52. The third-order valence-electron chi connectivity index (χ3n) is 5.73. The van der Waals surface area contributed by atoms with Crippen LogP contribution in [0, 0.1) is 13.8 Å². The number of nitrogens with one attached hydrogen (secondary N) is 1. The van der Waals surface area contributed by atoms with Crippen LogP contribution < -0.4 is 21.2 Å². The van der Waals surface area contributed by atoms with Gasteiger partial charge in [-0.15, -0.1) is 5.10 Å². The second-order valence-corrected chi connectivity index (χ2v) is 8.52. The molecule has 0 aliphatic rings. The number of aryl methyl sites for hydroxylation is 2. The number of carbonyl (C=O) groups excluding carboxylic acids is 1. The van der Waals surface area contributed by atoms with Gasteiger partial charge in [-0.2, -0.15) is 10.2 Å². The summed E-state index contributed by atoms with van der Waals surface area (Å²) in [6, 6.07) is 14.5. The molecule has 1 amide bonds. The minimum absolute atomic E-state index is 0.148. The van der Waals surface area contributed by atoms with Gasteiger partial charge in [-0.1, -0.05) is 0 Å². The summed E-state index contributed by atoms with van der Waals surface area (Å²) < 4.78 is 9.50. The number of hydrogen-bond acceptors (Lipinski definition) is 7. The fourth-order valence-electron chi connectivity index (χ4n) is 3.86. The van der Waals surface area contributed by atoms with Crippen LogP contribution in [-0.4, -0.2) is 48.4 Å². The molecule has 0 aliphatic heterocycles. The van der Waals surface area contributed by atoms with Gasteiger partial charge < -0.3 is 10.1 Å². The minimum Gasteiger partial charge on any atom is -0.494 e. The predicted molar refractivity (Wildman–Crippen MR) is 138 cm³/mol. The molecule has 1 N–H and O–H groups in total. The molecule has 0 aliphatic carbocycles. The number of hydrogen-bond donors (Lipinski definition) is 1. The van der Waals surface area contributed by atoms with Crippen molar-refractivity contribution in [3.63, 3.8) is 0 Å². The lowest BCUT2D eigenvalue weighted by molar-refractivity contribution is -0.124. The van der Waals surface area contributed by atoms with Crippen LogP contribution in [0.3, 0.4) is 0 Å². The third kappa shape index (κ3) is 5.83. The standard InChI is InChI=1S/C26H29N7O4/c1-5-37-21-8-6-20(7-9-21)22-10-12-24(34)31(29-22)15-14-27-26(36)19(4)33-25(35)13-11-23(30-33)32-18(3)16-17(2)28-32/h6-13,16,19H,5,14-15H2,1-4H3,(H,27,36). The quantitative estimate of drug-likeness (QED) is 0.370. The molecule has 1 atom stereocenters. The number of rotatable bonds is 9. The van der Waals surface area contributed by atoms with Gasteiger partial charge in [-0.05, 0) is 70.2 Å². The molecule has 0 saturated heterocycles. The highest BCUT2D eigenvalue weighted by atomic mass is 16.5. The summed E-state index contributed by atoms with van der Waals surface area (Å²) >= 11 is 0. The van der Waals surface area contributed by atoms with Gasteiger partial charge in [0.05, 0.1) is 24.5 Å². The average Bonchev–Trinajstić information content (AvgIpc) is 3.23. The maximum absolute atomic E-state index is 12.8. The summed E-state index contributed by atoms with van der Waals surface area (Å²) in [6.07, 6.45) is 0. The lowest BCUT2D eigenvalue weighted by atomic mass is 10.1. The highest BCUT2D eigenvalue weighted by Gasteiger charge is 2.18. The highest BCUT2D eigenvalue weighted by molar-refractivity contribution is 5.79. The van der Waals surface area contributed by atoms with E-state index in [1.807, 2.05) is 51.1 Å². The zero-order chi connectivity index (χ0) is 26.5. The smallest absolute Gasteiger partial charge is 0.267 e. The van der Waals surface area contributed by atoms with Crippen molar-refractivity contribution in [2.75, 3.05) is 13.2 Å². The molecule has 11 nitrogen and oxygen atoms in total. The van der Waals surface area contributed by atoms with Gasteiger partial charge in [0.25, 0.3) is 11.1 Å². The van der Waals surface area contributed by atoms with Crippen LogP contribution >= 0.6 is 0 Å². The number of aromatic nitrogens is 6. The molecule has 3 heterocycles. The molecular formula is C26H29N7O4. The Labute approximate surface area is 213 Å². The summed E-state index contributed by atoms with van der Waals surface area (Å²) in [5, 5.41) is 15.9. The van der Waals surface area contributed by atoms with E-state index in [4.69, 9.17) is 4.74 Å². The number of benzene rings is 1. The van der Waals surface area contributed by atoms with Gasteiger partial charge in [0.1, 0.15) is 11.8 Å². The largest absolute Gasteiger partial charge is 0.494 e. The maximum atomic E-state index is 12.8. The van der Waals surface area contributed by atoms with E-state index in [1.165, 1.54) is 16.8 Å². The molecule has 0 saturated carbocycles. The van der Waals surface area contributed by atoms with Crippen molar-refractivity contribution in [1.29, 1.82) is 0 Å². The zero-order valence-corrected chi connectivity index (χ0v) is 21.2. The maximum Gasteiger partial charge on any atom is 0.267 e. The fourth-order valence-corrected chi connectivity index (χ4v) is 3.86. The molecule has 37 heavy (non-hydrogen) atoms. The van der Waals surface area contributed by atoms with E-state index < -0.39 is 17.5 Å². The van der Waals surface area contributed by atoms with E-state index in [2.05, 4.69) is 20.6 Å². The summed E-state index contributed by atoms with van der Waals surface area (Å²) in [7, 11) is 0. The van der Waals surface area contributed by atoms with Crippen molar-refractivity contribution in [3.05, 3.63) is 86.7 Å². The lowest BCUT2D eigenvalue weighted by Crippen LogP contribution is -2.39. The predicted octanol–water partition coefficient (Wildman–Crippen LogP) is 2.05. The topological polar surface area (TPSA) is 126 Å². The molecule has 0 fully saturated rings. The molecular weight excluding hydrogens is 474 g/mol. The van der Waals surface area contributed by atoms with E-state index in [9.17, 15) is 14.4 Å². The van der Waals surface area contributed by atoms with Gasteiger partial charge in [0.2, 0.25) is 5.91 Å². The van der Waals surface area contributed by atoms with Gasteiger partial charge >= 0.3 is 0 Å². The van der Waals surface area contributed by atoms with Crippen LogP contribution in [0.15, 0.2) is 64.2 Å². The summed E-state index contributed by atoms with van der Waals surface area (Å²) in [5.41, 5.74) is 2.44. The molecule has 0 bridgehead atoms. The zero-order valence-electron chi connectivity index (χ0n) is 21.2. The summed E-state index contributed by atoms with van der Waals surface area (Å²) in [6.45, 7) is 8.14. The molecule has 4 rings (SSSR count). The van der Waals surface area contributed by atoms with Crippen molar-refractivity contribution in [3.8, 4) is 22.8 Å². The first-order valence-electron chi connectivity index (χ1n) is 12.0. The normalized spacial score (nSPS) is 11.8. The fraction of sp³-hybridized carbons (Fsp3) is 0.308. The van der Waals surface area contributed by atoms with Crippen LogP contribution in [0.2, 0.25) is 0 Å². The van der Waals surface area contributed by atoms with E-state index in [0.717, 1.165) is 27.4 Å². The van der Waals surface area contributed by atoms with Crippen molar-refractivity contribution >= 4 is 5.91 Å². The molecule has 11 heteroatoms. The monoisotopic (exact) mass is 503 g/mol. The van der Waals surface area contributed by atoms with Crippen molar-refractivity contribution in [2.45, 2.75) is 40.3 Å². The Bertz CT molecular complexity index is 1520. The van der Waals surface area contributed by atoms with Crippen molar-refractivity contribution < 1.29 is 9.53 Å². The highest BCUT2D eigenvalue weighted by Crippen LogP contribution is 2.19. The Balaban J connectivity index is 1.43. The molecule has 0 spiro atoms. The second kappa shape index (κ2) is 11.0. The number of amides is 1. The Hall–Kier alpha value is -4.54. The van der Waals surface area contributed by atoms with Gasteiger partial charge in [-0.25, -0.2) is 14.0 Å². The van der Waals surface area contributed by atoms with Gasteiger partial charge in [-0.3, -0.25) is 14.4 Å². The number of ether oxygens (including phenoxy) is 1. The van der Waals surface area contributed by atoms with Gasteiger partial charge in [0, 0.05) is 29.9 Å². The molecule has 192 valence electrons. The van der Waals surface area contributed by atoms with Crippen molar-refractivity contribution in [2.24, 2.45) is 0 Å². The molecule has 0 radical (unpaired) electrons. The number of nitrogens with zero attached hydrogens (tertiary/aromatic N) is 6. The Kier molecular flexibility index (Phi) is 7.61. The minimum atomic E-state index is -0.871. The van der Waals surface area contributed by atoms with Crippen LogP contribution in [0.5, 0.6) is 5.75 Å². The van der Waals surface area contributed by atoms with Gasteiger partial charge in [0.15, 0.2) is 5.82 Å². The van der Waals surface area contributed by atoms with E-state index in [-0.39, 0.29) is 18.6 Å². The Morgan fingerprint density at radius 1 is 0.973 bits per heavy atom. The Morgan fingerprint density at radius 3 is 2.38 bits per heavy atom. The van der Waals surface area contributed by atoms with Crippen LogP contribution in [0.25, 0.3) is 17.1 Å². The first-order valence-corrected chi connectivity index (χ1v) is 12.0. The van der Waals surface area contributed by atoms with E-state index in [0.29, 0.717) is 18.1 Å². The Morgan fingerprint density at radius 2 is 1.70 bits per heavy atom. The number of carbonyl (C=O) groups is 1. The first kappa shape index (κ1) is 25.5. The van der Waals surface area contributed by atoms with Crippen LogP contribution in [0.1, 0.15) is 31.3 Å². The molecule has 4 aromatic rings. The molecule has 3 aromatic heterocycles. The average molecular weight is 504 g/mol. The molecule has 1 aromatic carbocycles. The third-order valence-corrected chi connectivity index (χ3v) is 5.73.